The zero-order valence-electron chi connectivity index (χ0n) is 26.4. The van der Waals surface area contributed by atoms with E-state index in [4.69, 9.17) is 9.15 Å². The Balaban J connectivity index is 1.03. The first-order chi connectivity index (χ1) is 23.0. The lowest BCUT2D eigenvalue weighted by molar-refractivity contribution is 0.411. The Labute approximate surface area is 273 Å². The van der Waals surface area contributed by atoms with Crippen molar-refractivity contribution in [2.24, 2.45) is 0 Å². The Hall–Kier alpha value is -5.60. The molecule has 0 N–H and O–H groups in total. The predicted molar refractivity (Wildman–Crippen MR) is 196 cm³/mol. The first-order valence-electron chi connectivity index (χ1n) is 16.6. The van der Waals surface area contributed by atoms with Gasteiger partial charge in [0.05, 0.1) is 0 Å². The van der Waals surface area contributed by atoms with Gasteiger partial charge in [-0.15, -0.1) is 0 Å². The lowest BCUT2D eigenvalue weighted by Crippen LogP contribution is -2.24. The molecule has 2 heteroatoms. The standard InChI is InChI=1S/C45H32O2/c1-45(2)39-23-20-30(26-42(39)47-44-40(45)24-22-37-36-13-7-8-14-41(36)46-43(37)44)28-17-15-27(16-18-28)29-19-21-35-33-11-4-3-9-31(33)32-10-5-6-12-34(32)38(35)25-29/h3-7,9-13,15-26H,8,14H2,1-2H3. The quantitative estimate of drug-likeness (QED) is 0.183. The van der Waals surface area contributed by atoms with Gasteiger partial charge in [0.2, 0.25) is 0 Å². The molecular weight excluding hydrogens is 572 g/mol. The summed E-state index contributed by atoms with van der Waals surface area (Å²) in [4.78, 5) is 0. The lowest BCUT2D eigenvalue weighted by Gasteiger charge is -2.34. The van der Waals surface area contributed by atoms with Crippen molar-refractivity contribution in [3.8, 4) is 33.8 Å². The number of hydrogen-bond acceptors (Lipinski definition) is 2. The molecule has 0 radical (unpaired) electrons. The van der Waals surface area contributed by atoms with Gasteiger partial charge in [-0.2, -0.15) is 0 Å². The van der Waals surface area contributed by atoms with Crippen LogP contribution in [0, 0.1) is 0 Å². The molecule has 0 bridgehead atoms. The Morgan fingerprint density at radius 1 is 0.532 bits per heavy atom. The number of benzene rings is 7. The molecule has 224 valence electrons. The third-order valence-corrected chi connectivity index (χ3v) is 10.6. The molecule has 0 spiro atoms. The fourth-order valence-corrected chi connectivity index (χ4v) is 8.08. The van der Waals surface area contributed by atoms with E-state index in [0.29, 0.717) is 0 Å². The van der Waals surface area contributed by atoms with Crippen LogP contribution in [0.1, 0.15) is 42.7 Å². The van der Waals surface area contributed by atoms with Gasteiger partial charge >= 0.3 is 0 Å². The molecule has 1 aromatic heterocycles. The van der Waals surface area contributed by atoms with Crippen LogP contribution in [0.5, 0.6) is 11.5 Å². The molecule has 1 aliphatic carbocycles. The van der Waals surface area contributed by atoms with Crippen molar-refractivity contribution in [1.82, 2.24) is 0 Å². The molecule has 0 saturated carbocycles. The molecule has 0 saturated heterocycles. The second-order valence-corrected chi connectivity index (χ2v) is 13.6. The van der Waals surface area contributed by atoms with E-state index in [1.165, 1.54) is 60.1 Å². The maximum atomic E-state index is 6.75. The van der Waals surface area contributed by atoms with Crippen molar-refractivity contribution >= 4 is 49.4 Å². The van der Waals surface area contributed by atoms with E-state index >= 15 is 0 Å². The van der Waals surface area contributed by atoms with Gasteiger partial charge in [0.1, 0.15) is 11.5 Å². The molecule has 2 heterocycles. The van der Waals surface area contributed by atoms with E-state index < -0.39 is 0 Å². The highest BCUT2D eigenvalue weighted by atomic mass is 16.5. The first-order valence-corrected chi connectivity index (χ1v) is 16.6. The minimum atomic E-state index is -0.214. The van der Waals surface area contributed by atoms with Crippen LogP contribution in [0.3, 0.4) is 0 Å². The van der Waals surface area contributed by atoms with Crippen LogP contribution in [0.4, 0.5) is 0 Å². The Morgan fingerprint density at radius 2 is 1.09 bits per heavy atom. The molecule has 1 aliphatic heterocycles. The van der Waals surface area contributed by atoms with Crippen molar-refractivity contribution in [1.29, 1.82) is 0 Å². The van der Waals surface area contributed by atoms with Crippen LogP contribution in [0.2, 0.25) is 0 Å². The highest BCUT2D eigenvalue weighted by molar-refractivity contribution is 6.25. The summed E-state index contributed by atoms with van der Waals surface area (Å²) in [5.74, 6) is 2.81. The van der Waals surface area contributed by atoms with Gasteiger partial charge in [0, 0.05) is 33.9 Å². The van der Waals surface area contributed by atoms with Crippen LogP contribution in [0.25, 0.3) is 71.6 Å². The molecular formula is C45H32O2. The molecule has 0 unspecified atom stereocenters. The Kier molecular flexibility index (Phi) is 5.49. The molecule has 2 nitrogen and oxygen atoms in total. The fraction of sp³-hybridized carbons (Fsp3) is 0.111. The highest BCUT2D eigenvalue weighted by Crippen LogP contribution is 2.52. The third kappa shape index (κ3) is 3.85. The van der Waals surface area contributed by atoms with Crippen LogP contribution in [0.15, 0.2) is 132 Å². The Morgan fingerprint density at radius 3 is 1.79 bits per heavy atom. The molecule has 10 rings (SSSR count). The SMILES string of the molecule is CC1(C)c2ccc(-c3ccc(-c4ccc5c6ccccc6c6ccccc6c5c4)cc3)cc2Oc2c1ccc1c3c(oc21)CCC=C3. The van der Waals surface area contributed by atoms with Crippen molar-refractivity contribution < 1.29 is 9.15 Å². The molecule has 7 aromatic carbocycles. The number of ether oxygens (including phenoxy) is 1. The normalized spacial score (nSPS) is 14.7. The van der Waals surface area contributed by atoms with Gasteiger partial charge in [-0.25, -0.2) is 0 Å². The number of rotatable bonds is 2. The predicted octanol–water partition coefficient (Wildman–Crippen LogP) is 12.6. The second-order valence-electron chi connectivity index (χ2n) is 13.6. The minimum Gasteiger partial charge on any atom is -0.456 e. The summed E-state index contributed by atoms with van der Waals surface area (Å²) < 4.78 is 13.2. The first kappa shape index (κ1) is 26.6. The lowest BCUT2D eigenvalue weighted by atomic mass is 9.75. The molecule has 0 fully saturated rings. The topological polar surface area (TPSA) is 22.4 Å². The monoisotopic (exact) mass is 604 g/mol. The largest absolute Gasteiger partial charge is 0.456 e. The zero-order valence-corrected chi connectivity index (χ0v) is 26.4. The molecule has 0 atom stereocenters. The molecule has 47 heavy (non-hydrogen) atoms. The van der Waals surface area contributed by atoms with Gasteiger partial charge in [-0.1, -0.05) is 129 Å². The molecule has 8 aromatic rings. The smallest absolute Gasteiger partial charge is 0.177 e. The van der Waals surface area contributed by atoms with E-state index in [1.54, 1.807) is 0 Å². The van der Waals surface area contributed by atoms with Gasteiger partial charge in [-0.3, -0.25) is 0 Å². The molecule has 2 aliphatic rings. The van der Waals surface area contributed by atoms with E-state index in [2.05, 4.69) is 147 Å². The molecule has 0 amide bonds. The van der Waals surface area contributed by atoms with E-state index in [-0.39, 0.29) is 5.41 Å². The minimum absolute atomic E-state index is 0.214. The summed E-state index contributed by atoms with van der Waals surface area (Å²) in [7, 11) is 0. The van der Waals surface area contributed by atoms with Gasteiger partial charge in [-0.05, 0) is 79.2 Å². The van der Waals surface area contributed by atoms with Crippen LogP contribution in [-0.2, 0) is 11.8 Å². The van der Waals surface area contributed by atoms with E-state index in [0.717, 1.165) is 52.2 Å². The van der Waals surface area contributed by atoms with E-state index in [9.17, 15) is 0 Å². The number of furan rings is 1. The number of aryl methyl sites for hydroxylation is 1. The van der Waals surface area contributed by atoms with Crippen LogP contribution < -0.4 is 4.74 Å². The Bertz CT molecular complexity index is 2580. The van der Waals surface area contributed by atoms with Crippen molar-refractivity contribution in [3.63, 3.8) is 0 Å². The van der Waals surface area contributed by atoms with Crippen LogP contribution in [-0.4, -0.2) is 0 Å². The summed E-state index contributed by atoms with van der Waals surface area (Å²) in [6.07, 6.45) is 6.38. The highest BCUT2D eigenvalue weighted by Gasteiger charge is 2.37. The maximum absolute atomic E-state index is 6.75. The summed E-state index contributed by atoms with van der Waals surface area (Å²) >= 11 is 0. The van der Waals surface area contributed by atoms with Crippen molar-refractivity contribution in [3.05, 3.63) is 150 Å². The van der Waals surface area contributed by atoms with Gasteiger partial charge in [0.15, 0.2) is 11.3 Å². The van der Waals surface area contributed by atoms with Gasteiger partial charge < -0.3 is 9.15 Å². The number of fused-ring (bicyclic) bond motifs is 12. The summed E-state index contributed by atoms with van der Waals surface area (Å²) in [6, 6.07) is 44.4. The average Bonchev–Trinajstić information content (AvgIpc) is 3.51. The summed E-state index contributed by atoms with van der Waals surface area (Å²) in [6.45, 7) is 4.57. The number of hydrogen-bond donors (Lipinski definition) is 0. The van der Waals surface area contributed by atoms with Crippen LogP contribution >= 0.6 is 0 Å². The van der Waals surface area contributed by atoms with Crippen molar-refractivity contribution in [2.45, 2.75) is 32.1 Å². The van der Waals surface area contributed by atoms with Gasteiger partial charge in [0.25, 0.3) is 0 Å². The third-order valence-electron chi connectivity index (χ3n) is 10.6. The summed E-state index contributed by atoms with van der Waals surface area (Å²) in [5.41, 5.74) is 8.93. The second kappa shape index (κ2) is 9.70. The fourth-order valence-electron chi connectivity index (χ4n) is 8.08. The van der Waals surface area contributed by atoms with E-state index in [1.807, 2.05) is 0 Å². The maximum Gasteiger partial charge on any atom is 0.177 e. The zero-order chi connectivity index (χ0) is 31.3. The summed E-state index contributed by atoms with van der Waals surface area (Å²) in [5, 5.41) is 8.91. The van der Waals surface area contributed by atoms with Crippen molar-refractivity contribution in [2.75, 3.05) is 0 Å². The average molecular weight is 605 g/mol. The number of allylic oxidation sites excluding steroid dienone is 1.